The Hall–Kier alpha value is -9.19. The van der Waals surface area contributed by atoms with Crippen molar-refractivity contribution in [3.8, 4) is 84.4 Å². The van der Waals surface area contributed by atoms with E-state index in [-0.39, 0.29) is 0 Å². The fraction of sp³-hybridized carbons (Fsp3) is 0. The average Bonchev–Trinajstić information content (AvgIpc) is 3.98. The lowest BCUT2D eigenvalue weighted by molar-refractivity contribution is 0.669. The van der Waals surface area contributed by atoms with E-state index in [0.29, 0.717) is 17.5 Å². The van der Waals surface area contributed by atoms with Crippen LogP contribution in [-0.2, 0) is 0 Å². The summed E-state index contributed by atoms with van der Waals surface area (Å²) in [5, 5.41) is 4.43. The standard InChI is InChI=1S/C63H40N4O/c1-6-19-41(20-7-1)48-35-33-45(39-53(48)42-21-8-2-9-22-42)46-34-36-49(54(40-46)63-65-61(43-23-10-3-11-24-43)64-62(66-63)44-25-12-4-13-26-44)51-30-18-32-56-58(51)59-57(68-56)38-37-52-50-29-16-17-31-55(50)67(60(52)59)47-27-14-5-15-28-47/h1-40H. The predicted molar refractivity (Wildman–Crippen MR) is 279 cm³/mol. The van der Waals surface area contributed by atoms with Crippen LogP contribution in [0.15, 0.2) is 247 Å². The molecular weight excluding hydrogens is 829 g/mol. The summed E-state index contributed by atoms with van der Waals surface area (Å²) in [5.74, 6) is 1.78. The smallest absolute Gasteiger partial charge is 0.164 e. The molecule has 0 spiro atoms. The molecule has 0 aliphatic carbocycles. The van der Waals surface area contributed by atoms with Crippen LogP contribution in [0, 0.1) is 0 Å². The zero-order chi connectivity index (χ0) is 45.0. The van der Waals surface area contributed by atoms with E-state index in [9.17, 15) is 0 Å². The third kappa shape index (κ3) is 6.68. The average molecular weight is 869 g/mol. The van der Waals surface area contributed by atoms with Gasteiger partial charge in [-0.2, -0.15) is 0 Å². The Morgan fingerprint density at radius 3 is 1.46 bits per heavy atom. The summed E-state index contributed by atoms with van der Waals surface area (Å²) in [6.07, 6.45) is 0. The van der Waals surface area contributed by atoms with Crippen molar-refractivity contribution in [2.75, 3.05) is 0 Å². The van der Waals surface area contributed by atoms with Gasteiger partial charge < -0.3 is 8.98 Å². The highest BCUT2D eigenvalue weighted by atomic mass is 16.3. The normalized spacial score (nSPS) is 11.5. The van der Waals surface area contributed by atoms with Gasteiger partial charge in [-0.25, -0.2) is 15.0 Å². The molecule has 0 N–H and O–H groups in total. The lowest BCUT2D eigenvalue weighted by Gasteiger charge is -2.16. The van der Waals surface area contributed by atoms with Gasteiger partial charge in [-0.1, -0.05) is 194 Å². The lowest BCUT2D eigenvalue weighted by Crippen LogP contribution is -2.01. The number of para-hydroxylation sites is 2. The first-order chi connectivity index (χ1) is 33.7. The van der Waals surface area contributed by atoms with Crippen molar-refractivity contribution >= 4 is 43.7 Å². The van der Waals surface area contributed by atoms with Gasteiger partial charge in [0.1, 0.15) is 11.2 Å². The summed E-state index contributed by atoms with van der Waals surface area (Å²) >= 11 is 0. The molecule has 10 aromatic carbocycles. The van der Waals surface area contributed by atoms with Crippen LogP contribution in [0.4, 0.5) is 0 Å². The van der Waals surface area contributed by atoms with E-state index in [4.69, 9.17) is 19.4 Å². The fourth-order valence-corrected chi connectivity index (χ4v) is 9.95. The summed E-state index contributed by atoms with van der Waals surface area (Å²) < 4.78 is 9.24. The molecule has 0 aliphatic rings. The molecule has 0 saturated carbocycles. The fourth-order valence-electron chi connectivity index (χ4n) is 9.95. The van der Waals surface area contributed by atoms with Crippen LogP contribution in [-0.4, -0.2) is 19.5 Å². The van der Waals surface area contributed by atoms with E-state index < -0.39 is 0 Å². The molecule has 0 amide bonds. The highest BCUT2D eigenvalue weighted by molar-refractivity contribution is 6.27. The summed E-state index contributed by atoms with van der Waals surface area (Å²) in [6.45, 7) is 0. The highest BCUT2D eigenvalue weighted by Crippen LogP contribution is 2.47. The second kappa shape index (κ2) is 16.4. The minimum absolute atomic E-state index is 0.576. The Balaban J connectivity index is 1.11. The second-order valence-electron chi connectivity index (χ2n) is 17.1. The van der Waals surface area contributed by atoms with Crippen molar-refractivity contribution in [3.05, 3.63) is 243 Å². The molecule has 5 nitrogen and oxygen atoms in total. The highest BCUT2D eigenvalue weighted by Gasteiger charge is 2.24. The second-order valence-corrected chi connectivity index (χ2v) is 17.1. The van der Waals surface area contributed by atoms with E-state index in [2.05, 4.69) is 211 Å². The Morgan fingerprint density at radius 1 is 0.294 bits per heavy atom. The molecule has 5 heteroatoms. The van der Waals surface area contributed by atoms with Gasteiger partial charge in [0.05, 0.1) is 16.4 Å². The summed E-state index contributed by atoms with van der Waals surface area (Å²) in [6, 6.07) is 85.1. The van der Waals surface area contributed by atoms with Gasteiger partial charge in [-0.15, -0.1) is 0 Å². The SMILES string of the molecule is c1ccc(-c2nc(-c3ccccc3)nc(-c3cc(-c4ccc(-c5ccccc5)c(-c5ccccc5)c4)ccc3-c3cccc4oc5ccc6c7ccccc7n(-c7ccccc7)c6c5c34)n2)cc1. The molecule has 13 rings (SSSR count). The molecule has 318 valence electrons. The number of nitrogens with zero attached hydrogens (tertiary/aromatic N) is 4. The molecule has 0 aliphatic heterocycles. The largest absolute Gasteiger partial charge is 0.456 e. The maximum atomic E-state index is 6.85. The van der Waals surface area contributed by atoms with Crippen LogP contribution >= 0.6 is 0 Å². The molecule has 13 aromatic rings. The van der Waals surface area contributed by atoms with Gasteiger partial charge in [0.25, 0.3) is 0 Å². The summed E-state index contributed by atoms with van der Waals surface area (Å²) in [5.41, 5.74) is 16.4. The molecular formula is C63H40N4O. The van der Waals surface area contributed by atoms with E-state index in [1.54, 1.807) is 0 Å². The monoisotopic (exact) mass is 868 g/mol. The first-order valence-corrected chi connectivity index (χ1v) is 22.9. The van der Waals surface area contributed by atoms with E-state index in [0.717, 1.165) is 94.1 Å². The first-order valence-electron chi connectivity index (χ1n) is 22.9. The quantitative estimate of drug-likeness (QED) is 0.153. The van der Waals surface area contributed by atoms with E-state index >= 15 is 0 Å². The number of hydrogen-bond donors (Lipinski definition) is 0. The third-order valence-corrected chi connectivity index (χ3v) is 13.1. The molecule has 3 heterocycles. The van der Waals surface area contributed by atoms with Gasteiger partial charge in [-0.3, -0.25) is 0 Å². The predicted octanol–water partition coefficient (Wildman–Crippen LogP) is 16.5. The minimum atomic E-state index is 0.576. The Bertz CT molecular complexity index is 3940. The van der Waals surface area contributed by atoms with Crippen molar-refractivity contribution in [1.82, 2.24) is 19.5 Å². The van der Waals surface area contributed by atoms with Gasteiger partial charge in [0, 0.05) is 38.5 Å². The van der Waals surface area contributed by atoms with E-state index in [1.165, 1.54) is 16.5 Å². The first kappa shape index (κ1) is 39.2. The van der Waals surface area contributed by atoms with Gasteiger partial charge >= 0.3 is 0 Å². The molecule has 0 bridgehead atoms. The van der Waals surface area contributed by atoms with Crippen LogP contribution in [0.2, 0.25) is 0 Å². The molecule has 0 atom stereocenters. The molecule has 0 fully saturated rings. The molecule has 3 aromatic heterocycles. The molecule has 0 saturated heterocycles. The van der Waals surface area contributed by atoms with Crippen molar-refractivity contribution in [1.29, 1.82) is 0 Å². The van der Waals surface area contributed by atoms with Crippen molar-refractivity contribution in [2.24, 2.45) is 0 Å². The topological polar surface area (TPSA) is 56.7 Å². The van der Waals surface area contributed by atoms with Crippen molar-refractivity contribution < 1.29 is 4.42 Å². The Kier molecular flexibility index (Phi) is 9.43. The molecule has 0 radical (unpaired) electrons. The van der Waals surface area contributed by atoms with Gasteiger partial charge in [0.15, 0.2) is 17.5 Å². The van der Waals surface area contributed by atoms with Crippen LogP contribution < -0.4 is 0 Å². The number of aromatic nitrogens is 4. The Labute approximate surface area is 392 Å². The molecule has 68 heavy (non-hydrogen) atoms. The van der Waals surface area contributed by atoms with Crippen LogP contribution in [0.5, 0.6) is 0 Å². The Morgan fingerprint density at radius 2 is 0.809 bits per heavy atom. The summed E-state index contributed by atoms with van der Waals surface area (Å²) in [4.78, 5) is 15.8. The lowest BCUT2D eigenvalue weighted by atomic mass is 9.89. The van der Waals surface area contributed by atoms with Crippen molar-refractivity contribution in [3.63, 3.8) is 0 Å². The number of rotatable bonds is 8. The van der Waals surface area contributed by atoms with E-state index in [1.807, 2.05) is 36.4 Å². The number of hydrogen-bond acceptors (Lipinski definition) is 4. The minimum Gasteiger partial charge on any atom is -0.456 e. The number of fused-ring (bicyclic) bond motifs is 7. The third-order valence-electron chi connectivity index (χ3n) is 13.1. The zero-order valence-electron chi connectivity index (χ0n) is 36.8. The van der Waals surface area contributed by atoms with Crippen LogP contribution in [0.25, 0.3) is 128 Å². The molecule has 0 unspecified atom stereocenters. The maximum absolute atomic E-state index is 6.85. The summed E-state index contributed by atoms with van der Waals surface area (Å²) in [7, 11) is 0. The van der Waals surface area contributed by atoms with Crippen LogP contribution in [0.3, 0.4) is 0 Å². The maximum Gasteiger partial charge on any atom is 0.164 e. The number of benzene rings is 10. The van der Waals surface area contributed by atoms with Gasteiger partial charge in [0.2, 0.25) is 0 Å². The number of furan rings is 1. The van der Waals surface area contributed by atoms with Crippen LogP contribution in [0.1, 0.15) is 0 Å². The van der Waals surface area contributed by atoms with Gasteiger partial charge in [-0.05, 0) is 93.0 Å². The zero-order valence-corrected chi connectivity index (χ0v) is 36.8. The van der Waals surface area contributed by atoms with Crippen molar-refractivity contribution in [2.45, 2.75) is 0 Å².